The quantitative estimate of drug-likeness (QED) is 0.764. The molecule has 0 aromatic heterocycles. The first-order valence-corrected chi connectivity index (χ1v) is 4.80. The molecule has 1 fully saturated rings. The Kier molecular flexibility index (Phi) is 2.08. The lowest BCUT2D eigenvalue weighted by Crippen LogP contribution is -1.94. The average molecular weight is 198 g/mol. The zero-order valence-corrected chi connectivity index (χ0v) is 8.23. The van der Waals surface area contributed by atoms with Crippen molar-refractivity contribution in [1.82, 2.24) is 0 Å². The van der Waals surface area contributed by atoms with E-state index in [9.17, 15) is 5.11 Å². The number of phenolic OH excluding ortho intramolecular Hbond substituents is 1. The van der Waals surface area contributed by atoms with E-state index in [1.807, 2.05) is 7.05 Å². The Bertz CT molecular complexity index is 334. The van der Waals surface area contributed by atoms with Gasteiger partial charge in [0.1, 0.15) is 5.75 Å². The molecule has 0 bridgehead atoms. The van der Waals surface area contributed by atoms with Gasteiger partial charge >= 0.3 is 0 Å². The molecule has 0 spiro atoms. The maximum absolute atomic E-state index is 9.33. The Morgan fingerprint density at radius 1 is 1.46 bits per heavy atom. The van der Waals surface area contributed by atoms with Crippen molar-refractivity contribution in [3.05, 3.63) is 22.7 Å². The third-order valence-electron chi connectivity index (χ3n) is 2.37. The van der Waals surface area contributed by atoms with Gasteiger partial charge in [-0.15, -0.1) is 0 Å². The summed E-state index contributed by atoms with van der Waals surface area (Å²) < 4.78 is 0. The second-order valence-corrected chi connectivity index (χ2v) is 3.82. The second kappa shape index (κ2) is 3.11. The molecular weight excluding hydrogens is 186 g/mol. The summed E-state index contributed by atoms with van der Waals surface area (Å²) in [6.45, 7) is 0. The minimum absolute atomic E-state index is 0.221. The van der Waals surface area contributed by atoms with Crippen LogP contribution in [0.4, 0.5) is 5.69 Å². The smallest absolute Gasteiger partial charge is 0.119 e. The zero-order chi connectivity index (χ0) is 9.42. The second-order valence-electron chi connectivity index (χ2n) is 3.41. The molecule has 2 N–H and O–H groups in total. The van der Waals surface area contributed by atoms with Crippen molar-refractivity contribution in [3.63, 3.8) is 0 Å². The summed E-state index contributed by atoms with van der Waals surface area (Å²) in [7, 11) is 1.84. The standard InChI is InChI=1S/C10H12ClNO/c1-12-9-5-7(13)4-8(11)10(9)6-2-3-6/h4-6,12-13H,2-3H2,1H3. The zero-order valence-electron chi connectivity index (χ0n) is 7.47. The fourth-order valence-corrected chi connectivity index (χ4v) is 1.97. The maximum atomic E-state index is 9.33. The lowest BCUT2D eigenvalue weighted by molar-refractivity contribution is 0.475. The Balaban J connectivity index is 2.50. The van der Waals surface area contributed by atoms with Crippen molar-refractivity contribution < 1.29 is 5.11 Å². The van der Waals surface area contributed by atoms with Crippen LogP contribution in [-0.4, -0.2) is 12.2 Å². The Hall–Kier alpha value is -0.890. The number of benzene rings is 1. The molecule has 0 amide bonds. The van der Waals surface area contributed by atoms with E-state index in [1.165, 1.54) is 12.8 Å². The fourth-order valence-electron chi connectivity index (χ4n) is 1.60. The van der Waals surface area contributed by atoms with E-state index in [-0.39, 0.29) is 5.75 Å². The highest BCUT2D eigenvalue weighted by atomic mass is 35.5. The Labute approximate surface area is 82.5 Å². The summed E-state index contributed by atoms with van der Waals surface area (Å²) in [6.07, 6.45) is 2.42. The van der Waals surface area contributed by atoms with Crippen molar-refractivity contribution in [2.75, 3.05) is 12.4 Å². The first-order chi connectivity index (χ1) is 6.22. The molecule has 1 saturated carbocycles. The average Bonchev–Trinajstić information content (AvgIpc) is 2.86. The van der Waals surface area contributed by atoms with Crippen LogP contribution >= 0.6 is 11.6 Å². The van der Waals surface area contributed by atoms with Crippen LogP contribution in [0.5, 0.6) is 5.75 Å². The molecule has 70 valence electrons. The fraction of sp³-hybridized carbons (Fsp3) is 0.400. The number of phenols is 1. The highest BCUT2D eigenvalue weighted by Crippen LogP contribution is 2.47. The molecule has 13 heavy (non-hydrogen) atoms. The number of hydrogen-bond donors (Lipinski definition) is 2. The number of nitrogens with one attached hydrogen (secondary N) is 1. The molecule has 0 unspecified atom stereocenters. The van der Waals surface area contributed by atoms with Crippen LogP contribution in [-0.2, 0) is 0 Å². The molecule has 1 aliphatic carbocycles. The van der Waals surface area contributed by atoms with E-state index in [1.54, 1.807) is 12.1 Å². The summed E-state index contributed by atoms with van der Waals surface area (Å²) in [5, 5.41) is 13.1. The topological polar surface area (TPSA) is 32.3 Å². The van der Waals surface area contributed by atoms with E-state index in [0.717, 1.165) is 11.3 Å². The summed E-state index contributed by atoms with van der Waals surface area (Å²) in [5.74, 6) is 0.814. The van der Waals surface area contributed by atoms with Gasteiger partial charge in [0.25, 0.3) is 0 Å². The van der Waals surface area contributed by atoms with Crippen LogP contribution in [0.15, 0.2) is 12.1 Å². The molecule has 1 aliphatic rings. The Morgan fingerprint density at radius 3 is 2.69 bits per heavy atom. The van der Waals surface area contributed by atoms with Crippen molar-refractivity contribution in [2.45, 2.75) is 18.8 Å². The van der Waals surface area contributed by atoms with Gasteiger partial charge in [-0.2, -0.15) is 0 Å². The highest BCUT2D eigenvalue weighted by Gasteiger charge is 2.28. The van der Waals surface area contributed by atoms with Gasteiger partial charge in [0.15, 0.2) is 0 Å². The van der Waals surface area contributed by atoms with E-state index in [2.05, 4.69) is 5.32 Å². The van der Waals surface area contributed by atoms with Crippen LogP contribution in [0.25, 0.3) is 0 Å². The van der Waals surface area contributed by atoms with Crippen LogP contribution in [0.3, 0.4) is 0 Å². The number of halogens is 1. The van der Waals surface area contributed by atoms with Gasteiger partial charge in [-0.3, -0.25) is 0 Å². The third-order valence-corrected chi connectivity index (χ3v) is 2.68. The van der Waals surface area contributed by atoms with Gasteiger partial charge in [-0.05, 0) is 30.4 Å². The van der Waals surface area contributed by atoms with Gasteiger partial charge in [-0.25, -0.2) is 0 Å². The predicted molar refractivity (Wildman–Crippen MR) is 54.6 cm³/mol. The van der Waals surface area contributed by atoms with E-state index in [4.69, 9.17) is 11.6 Å². The summed E-state index contributed by atoms with van der Waals surface area (Å²) in [4.78, 5) is 0. The summed E-state index contributed by atoms with van der Waals surface area (Å²) >= 11 is 6.05. The van der Waals surface area contributed by atoms with Crippen molar-refractivity contribution in [1.29, 1.82) is 0 Å². The normalized spacial score (nSPS) is 15.8. The molecular formula is C10H12ClNO. The molecule has 2 rings (SSSR count). The molecule has 2 nitrogen and oxygen atoms in total. The van der Waals surface area contributed by atoms with Crippen molar-refractivity contribution >= 4 is 17.3 Å². The molecule has 0 atom stereocenters. The van der Waals surface area contributed by atoms with Gasteiger partial charge < -0.3 is 10.4 Å². The van der Waals surface area contributed by atoms with E-state index in [0.29, 0.717) is 10.9 Å². The summed E-state index contributed by atoms with van der Waals surface area (Å²) in [6, 6.07) is 3.33. The monoisotopic (exact) mass is 197 g/mol. The van der Waals surface area contributed by atoms with Gasteiger partial charge in [-0.1, -0.05) is 11.6 Å². The van der Waals surface area contributed by atoms with E-state index < -0.39 is 0 Å². The first kappa shape index (κ1) is 8.70. The number of anilines is 1. The van der Waals surface area contributed by atoms with Crippen molar-refractivity contribution in [2.24, 2.45) is 0 Å². The first-order valence-electron chi connectivity index (χ1n) is 4.42. The highest BCUT2D eigenvalue weighted by molar-refractivity contribution is 6.32. The number of rotatable bonds is 2. The SMILES string of the molecule is CNc1cc(O)cc(Cl)c1C1CC1. The van der Waals surface area contributed by atoms with Gasteiger partial charge in [0.05, 0.1) is 0 Å². The molecule has 0 aliphatic heterocycles. The van der Waals surface area contributed by atoms with Crippen LogP contribution in [0, 0.1) is 0 Å². The number of hydrogen-bond acceptors (Lipinski definition) is 2. The molecule has 1 aromatic rings. The van der Waals surface area contributed by atoms with Crippen LogP contribution in [0.1, 0.15) is 24.3 Å². The Morgan fingerprint density at radius 2 is 2.15 bits per heavy atom. The molecule has 0 saturated heterocycles. The molecule has 1 aromatic carbocycles. The predicted octanol–water partition coefficient (Wildman–Crippen LogP) is 2.96. The molecule has 3 heteroatoms. The van der Waals surface area contributed by atoms with Gasteiger partial charge in [0, 0.05) is 23.8 Å². The summed E-state index contributed by atoms with van der Waals surface area (Å²) in [5.41, 5.74) is 2.11. The van der Waals surface area contributed by atoms with Gasteiger partial charge in [0.2, 0.25) is 0 Å². The minimum atomic E-state index is 0.221. The third kappa shape index (κ3) is 1.59. The largest absolute Gasteiger partial charge is 0.508 e. The lowest BCUT2D eigenvalue weighted by Gasteiger charge is -2.10. The minimum Gasteiger partial charge on any atom is -0.508 e. The molecule has 0 heterocycles. The van der Waals surface area contributed by atoms with E-state index >= 15 is 0 Å². The maximum Gasteiger partial charge on any atom is 0.119 e. The lowest BCUT2D eigenvalue weighted by atomic mass is 10.1. The van der Waals surface area contributed by atoms with Crippen LogP contribution < -0.4 is 5.32 Å². The number of aromatic hydroxyl groups is 1. The van der Waals surface area contributed by atoms with Crippen molar-refractivity contribution in [3.8, 4) is 5.75 Å². The van der Waals surface area contributed by atoms with Crippen LogP contribution in [0.2, 0.25) is 5.02 Å². The molecule has 0 radical (unpaired) electrons.